The number of ether oxygens (including phenoxy) is 3. The van der Waals surface area contributed by atoms with Crippen LogP contribution in [0.1, 0.15) is 21.6 Å². The highest BCUT2D eigenvalue weighted by atomic mass is 16.5. The fourth-order valence-corrected chi connectivity index (χ4v) is 2.44. The molecule has 0 aliphatic heterocycles. The van der Waals surface area contributed by atoms with Gasteiger partial charge in [-0.05, 0) is 36.4 Å². The highest BCUT2D eigenvalue weighted by molar-refractivity contribution is 5.89. The number of rotatable bonds is 6. The lowest BCUT2D eigenvalue weighted by molar-refractivity contribution is 0.0464. The van der Waals surface area contributed by atoms with E-state index in [9.17, 15) is 4.79 Å². The van der Waals surface area contributed by atoms with E-state index in [1.54, 1.807) is 50.6 Å². The molecule has 7 nitrogen and oxygen atoms in total. The third-order valence-corrected chi connectivity index (χ3v) is 3.81. The predicted octanol–water partition coefficient (Wildman–Crippen LogP) is 3.59. The van der Waals surface area contributed by atoms with Crippen LogP contribution in [0.3, 0.4) is 0 Å². The molecule has 0 aliphatic rings. The Bertz CT molecular complexity index is 1000. The van der Waals surface area contributed by atoms with Gasteiger partial charge in [0.2, 0.25) is 0 Å². The first-order chi connectivity index (χ1) is 13.1. The highest BCUT2D eigenvalue weighted by Gasteiger charge is 2.13. The summed E-state index contributed by atoms with van der Waals surface area (Å²) in [5.74, 6) is 1.14. The molecule has 2 aromatic carbocycles. The molecule has 1 aromatic heterocycles. The van der Waals surface area contributed by atoms with Gasteiger partial charge in [-0.2, -0.15) is 5.26 Å². The van der Waals surface area contributed by atoms with Gasteiger partial charge in [0.05, 0.1) is 31.4 Å². The number of hydrogen-bond donors (Lipinski definition) is 0. The van der Waals surface area contributed by atoms with E-state index < -0.39 is 5.97 Å². The lowest BCUT2D eigenvalue weighted by Gasteiger charge is -2.07. The maximum atomic E-state index is 12.1. The molecule has 136 valence electrons. The summed E-state index contributed by atoms with van der Waals surface area (Å²) < 4.78 is 21.0. The first-order valence-corrected chi connectivity index (χ1v) is 8.00. The van der Waals surface area contributed by atoms with Crippen LogP contribution in [0.25, 0.3) is 11.3 Å². The van der Waals surface area contributed by atoms with Gasteiger partial charge in [-0.25, -0.2) is 4.79 Å². The minimum absolute atomic E-state index is 0.0492. The van der Waals surface area contributed by atoms with Gasteiger partial charge in [0, 0.05) is 11.6 Å². The van der Waals surface area contributed by atoms with E-state index in [2.05, 4.69) is 5.16 Å². The Morgan fingerprint density at radius 2 is 1.93 bits per heavy atom. The van der Waals surface area contributed by atoms with Crippen molar-refractivity contribution < 1.29 is 23.5 Å². The molecule has 0 radical (unpaired) electrons. The number of nitrogens with zero attached hydrogens (tertiary/aromatic N) is 2. The predicted molar refractivity (Wildman–Crippen MR) is 95.3 cm³/mol. The van der Waals surface area contributed by atoms with E-state index in [4.69, 9.17) is 24.0 Å². The van der Waals surface area contributed by atoms with Crippen LogP contribution in [0.15, 0.2) is 53.1 Å². The fraction of sp³-hybridized carbons (Fsp3) is 0.150. The molecular formula is C20H16N2O5. The zero-order chi connectivity index (χ0) is 19.2. The normalized spacial score (nSPS) is 10.1. The average Bonchev–Trinajstić information content (AvgIpc) is 3.20. The zero-order valence-corrected chi connectivity index (χ0v) is 14.8. The van der Waals surface area contributed by atoms with E-state index >= 15 is 0 Å². The highest BCUT2D eigenvalue weighted by Crippen LogP contribution is 2.32. The molecule has 7 heteroatoms. The number of nitriles is 1. The molecule has 27 heavy (non-hydrogen) atoms. The van der Waals surface area contributed by atoms with Gasteiger partial charge < -0.3 is 18.7 Å². The minimum Gasteiger partial charge on any atom is -0.493 e. The summed E-state index contributed by atoms with van der Waals surface area (Å²) in [6.07, 6.45) is 0. The molecule has 0 unspecified atom stereocenters. The topological polar surface area (TPSA) is 94.6 Å². The van der Waals surface area contributed by atoms with Crippen LogP contribution in [0.5, 0.6) is 11.5 Å². The maximum Gasteiger partial charge on any atom is 0.338 e. The molecule has 0 saturated carbocycles. The maximum absolute atomic E-state index is 12.1. The average molecular weight is 364 g/mol. The van der Waals surface area contributed by atoms with Crippen LogP contribution < -0.4 is 9.47 Å². The van der Waals surface area contributed by atoms with Gasteiger partial charge in [-0.15, -0.1) is 0 Å². The Hall–Kier alpha value is -3.79. The molecule has 0 atom stereocenters. The number of carbonyl (C=O) groups excluding carboxylic acids is 1. The van der Waals surface area contributed by atoms with Crippen molar-refractivity contribution in [3.8, 4) is 28.9 Å². The number of esters is 1. The van der Waals surface area contributed by atoms with Crippen molar-refractivity contribution in [3.05, 3.63) is 65.4 Å². The summed E-state index contributed by atoms with van der Waals surface area (Å²) in [4.78, 5) is 12.1. The van der Waals surface area contributed by atoms with E-state index in [-0.39, 0.29) is 6.61 Å². The lowest BCUT2D eigenvalue weighted by Crippen LogP contribution is -2.05. The van der Waals surface area contributed by atoms with Crippen LogP contribution in [0, 0.1) is 11.3 Å². The van der Waals surface area contributed by atoms with E-state index in [1.165, 1.54) is 6.07 Å². The second-order valence-electron chi connectivity index (χ2n) is 5.52. The Labute approximate surface area is 155 Å². The van der Waals surface area contributed by atoms with Crippen molar-refractivity contribution in [2.45, 2.75) is 6.61 Å². The Morgan fingerprint density at radius 3 is 2.67 bits per heavy atom. The quantitative estimate of drug-likeness (QED) is 0.617. The third kappa shape index (κ3) is 4.07. The Balaban J connectivity index is 1.69. The Morgan fingerprint density at radius 1 is 1.11 bits per heavy atom. The molecule has 3 rings (SSSR count). The second-order valence-corrected chi connectivity index (χ2v) is 5.52. The van der Waals surface area contributed by atoms with Crippen molar-refractivity contribution in [3.63, 3.8) is 0 Å². The van der Waals surface area contributed by atoms with Crippen LogP contribution in [0.2, 0.25) is 0 Å². The fourth-order valence-electron chi connectivity index (χ4n) is 2.44. The SMILES string of the molecule is COc1ccc(-c2cc(COC(=O)c3cccc(C#N)c3)no2)cc1OC. The monoisotopic (exact) mass is 364 g/mol. The van der Waals surface area contributed by atoms with Gasteiger partial charge in [0.15, 0.2) is 17.3 Å². The number of methoxy groups -OCH3 is 2. The lowest BCUT2D eigenvalue weighted by atomic mass is 10.1. The van der Waals surface area contributed by atoms with Crippen molar-refractivity contribution in [2.24, 2.45) is 0 Å². The van der Waals surface area contributed by atoms with Crippen molar-refractivity contribution in [1.82, 2.24) is 5.16 Å². The van der Waals surface area contributed by atoms with Crippen molar-refractivity contribution >= 4 is 5.97 Å². The van der Waals surface area contributed by atoms with Crippen LogP contribution >= 0.6 is 0 Å². The summed E-state index contributed by atoms with van der Waals surface area (Å²) in [6, 6.07) is 15.3. The van der Waals surface area contributed by atoms with Crippen LogP contribution in [-0.4, -0.2) is 25.3 Å². The number of carbonyl (C=O) groups is 1. The Kier molecular flexibility index (Phi) is 5.38. The number of benzene rings is 2. The standard InChI is InChI=1S/C20H16N2O5/c1-24-17-7-6-14(9-19(17)25-2)18-10-16(22-27-18)12-26-20(23)15-5-3-4-13(8-15)11-21/h3-10H,12H2,1-2H3. The van der Waals surface area contributed by atoms with Crippen LogP contribution in [-0.2, 0) is 11.3 Å². The molecule has 0 spiro atoms. The van der Waals surface area contributed by atoms with E-state index in [1.807, 2.05) is 12.1 Å². The van der Waals surface area contributed by atoms with E-state index in [0.29, 0.717) is 34.1 Å². The zero-order valence-electron chi connectivity index (χ0n) is 14.8. The molecule has 0 aliphatic carbocycles. The largest absolute Gasteiger partial charge is 0.493 e. The number of hydrogen-bond acceptors (Lipinski definition) is 7. The summed E-state index contributed by atoms with van der Waals surface area (Å²) in [7, 11) is 3.11. The summed E-state index contributed by atoms with van der Waals surface area (Å²) in [5, 5.41) is 12.8. The first kappa shape index (κ1) is 18.0. The smallest absolute Gasteiger partial charge is 0.338 e. The van der Waals surface area contributed by atoms with E-state index in [0.717, 1.165) is 5.56 Å². The van der Waals surface area contributed by atoms with Gasteiger partial charge >= 0.3 is 5.97 Å². The molecule has 3 aromatic rings. The van der Waals surface area contributed by atoms with Gasteiger partial charge in [-0.3, -0.25) is 0 Å². The van der Waals surface area contributed by atoms with Crippen molar-refractivity contribution in [2.75, 3.05) is 14.2 Å². The van der Waals surface area contributed by atoms with Gasteiger partial charge in [-0.1, -0.05) is 11.2 Å². The van der Waals surface area contributed by atoms with Crippen LogP contribution in [0.4, 0.5) is 0 Å². The molecule has 1 heterocycles. The van der Waals surface area contributed by atoms with Gasteiger partial charge in [0.25, 0.3) is 0 Å². The number of aromatic nitrogens is 1. The molecule has 0 fully saturated rings. The summed E-state index contributed by atoms with van der Waals surface area (Å²) >= 11 is 0. The van der Waals surface area contributed by atoms with Crippen molar-refractivity contribution in [1.29, 1.82) is 5.26 Å². The molecule has 0 bridgehead atoms. The summed E-state index contributed by atoms with van der Waals surface area (Å²) in [5.41, 5.74) is 1.91. The molecule has 0 amide bonds. The first-order valence-electron chi connectivity index (χ1n) is 8.00. The van der Waals surface area contributed by atoms with Gasteiger partial charge in [0.1, 0.15) is 12.3 Å². The molecule has 0 N–H and O–H groups in total. The molecule has 0 saturated heterocycles. The molecular weight excluding hydrogens is 348 g/mol. The second kappa shape index (κ2) is 8.06. The third-order valence-electron chi connectivity index (χ3n) is 3.81. The summed E-state index contributed by atoms with van der Waals surface area (Å²) in [6.45, 7) is -0.0492. The minimum atomic E-state index is -0.539.